The number of sulfonamides is 1. The van der Waals surface area contributed by atoms with Crippen molar-refractivity contribution in [2.75, 3.05) is 45.6 Å². The van der Waals surface area contributed by atoms with Crippen LogP contribution in [0, 0.1) is 17.8 Å². The second-order valence-electron chi connectivity index (χ2n) is 9.54. The summed E-state index contributed by atoms with van der Waals surface area (Å²) in [6, 6.07) is 0.0710. The Morgan fingerprint density at radius 2 is 1.97 bits per heavy atom. The van der Waals surface area contributed by atoms with Crippen LogP contribution in [0.4, 0.5) is 17.6 Å². The molecule has 3 rings (SSSR count). The highest BCUT2D eigenvalue weighted by atomic mass is 35.5. The Hall–Kier alpha value is -0.730. The third kappa shape index (κ3) is 7.89. The van der Waals surface area contributed by atoms with Crippen LogP contribution in [0.5, 0.6) is 0 Å². The summed E-state index contributed by atoms with van der Waals surface area (Å²) in [6.07, 6.45) is -4.38. The maximum Gasteiger partial charge on any atom is 0.401 e. The van der Waals surface area contributed by atoms with Gasteiger partial charge in [0.05, 0.1) is 23.6 Å². The van der Waals surface area contributed by atoms with Crippen molar-refractivity contribution < 1.29 is 30.8 Å². The largest absolute Gasteiger partial charge is 0.401 e. The number of nitrogens with one attached hydrogen (secondary N) is 3. The SMILES string of the molecule is CN1CNC(C2CC(Cl)C(F)C(C(=O)NNS(=O)(=O)CC3CCCN(CC(F)(F)F)C3)C2)C1. The number of hydrazine groups is 1. The van der Waals surface area contributed by atoms with Crippen LogP contribution in [0.1, 0.15) is 25.7 Å². The van der Waals surface area contributed by atoms with Gasteiger partial charge in [-0.25, -0.2) is 12.8 Å². The summed E-state index contributed by atoms with van der Waals surface area (Å²) in [6.45, 7) is 0.609. The number of rotatable bonds is 7. The lowest BCUT2D eigenvalue weighted by atomic mass is 9.76. The number of piperidine rings is 1. The van der Waals surface area contributed by atoms with Gasteiger partial charge >= 0.3 is 6.18 Å². The maximum atomic E-state index is 14.7. The molecule has 2 heterocycles. The first kappa shape index (κ1) is 26.9. The van der Waals surface area contributed by atoms with Crippen LogP contribution in [0.25, 0.3) is 0 Å². The first-order chi connectivity index (χ1) is 15.3. The van der Waals surface area contributed by atoms with Crippen molar-refractivity contribution in [2.45, 2.75) is 49.5 Å². The van der Waals surface area contributed by atoms with E-state index in [1.807, 2.05) is 11.9 Å². The highest BCUT2D eigenvalue weighted by Crippen LogP contribution is 2.37. The molecular formula is C19H32ClF4N5O3S. The molecule has 0 aromatic carbocycles. The summed E-state index contributed by atoms with van der Waals surface area (Å²) in [4.78, 5) is 17.9. The van der Waals surface area contributed by atoms with Crippen molar-refractivity contribution >= 4 is 27.5 Å². The lowest BCUT2D eigenvalue weighted by Crippen LogP contribution is -2.53. The average molecular weight is 522 g/mol. The van der Waals surface area contributed by atoms with Gasteiger partial charge in [-0.05, 0) is 51.1 Å². The normalized spacial score (nSPS) is 35.0. The number of hydrogen-bond acceptors (Lipinski definition) is 6. The molecule has 3 aliphatic rings. The van der Waals surface area contributed by atoms with Gasteiger partial charge in [-0.2, -0.15) is 13.2 Å². The Kier molecular flexibility index (Phi) is 8.87. The van der Waals surface area contributed by atoms with Gasteiger partial charge in [-0.1, -0.05) is 0 Å². The minimum Gasteiger partial charge on any atom is -0.300 e. The Balaban J connectivity index is 1.51. The molecule has 6 unspecified atom stereocenters. The number of likely N-dealkylation sites (tertiary alicyclic amines) is 1. The Morgan fingerprint density at radius 3 is 2.61 bits per heavy atom. The topological polar surface area (TPSA) is 93.8 Å². The van der Waals surface area contributed by atoms with E-state index in [1.54, 1.807) is 0 Å². The molecular weight excluding hydrogens is 490 g/mol. The smallest absolute Gasteiger partial charge is 0.300 e. The number of amides is 1. The number of alkyl halides is 5. The van der Waals surface area contributed by atoms with Crippen molar-refractivity contribution in [1.82, 2.24) is 25.4 Å². The summed E-state index contributed by atoms with van der Waals surface area (Å²) in [5.74, 6) is -2.85. The van der Waals surface area contributed by atoms with E-state index in [1.165, 1.54) is 4.90 Å². The molecule has 1 saturated carbocycles. The van der Waals surface area contributed by atoms with E-state index in [4.69, 9.17) is 11.6 Å². The van der Waals surface area contributed by atoms with Crippen LogP contribution < -0.4 is 15.6 Å². The summed E-state index contributed by atoms with van der Waals surface area (Å²) in [5, 5.41) is 2.46. The lowest BCUT2D eigenvalue weighted by molar-refractivity contribution is -0.149. The number of likely N-dealkylation sites (N-methyl/N-ethyl adjacent to an activating group) is 1. The van der Waals surface area contributed by atoms with E-state index in [2.05, 4.69) is 15.6 Å². The van der Waals surface area contributed by atoms with Crippen LogP contribution in [-0.4, -0.2) is 93.5 Å². The van der Waals surface area contributed by atoms with Crippen LogP contribution in [0.3, 0.4) is 0 Å². The molecule has 0 radical (unpaired) electrons. The molecule has 2 aliphatic heterocycles. The van der Waals surface area contributed by atoms with E-state index in [0.717, 1.165) is 6.54 Å². The Labute approximate surface area is 196 Å². The molecule has 3 N–H and O–H groups in total. The number of halogens is 5. The third-order valence-electron chi connectivity index (χ3n) is 6.64. The number of carbonyl (C=O) groups excluding carboxylic acids is 1. The second-order valence-corrected chi connectivity index (χ2v) is 11.9. The van der Waals surface area contributed by atoms with Crippen LogP contribution in [0.2, 0.25) is 0 Å². The fraction of sp³-hybridized carbons (Fsp3) is 0.947. The van der Waals surface area contributed by atoms with Gasteiger partial charge in [0.25, 0.3) is 0 Å². The van der Waals surface area contributed by atoms with Crippen molar-refractivity contribution in [3.8, 4) is 0 Å². The quantitative estimate of drug-likeness (QED) is 0.263. The van der Waals surface area contributed by atoms with Gasteiger partial charge < -0.3 is 0 Å². The molecule has 6 atom stereocenters. The fourth-order valence-corrected chi connectivity index (χ4v) is 6.75. The third-order valence-corrected chi connectivity index (χ3v) is 8.39. The molecule has 1 amide bonds. The predicted molar refractivity (Wildman–Crippen MR) is 115 cm³/mol. The van der Waals surface area contributed by atoms with Crippen LogP contribution >= 0.6 is 11.6 Å². The van der Waals surface area contributed by atoms with Gasteiger partial charge in [-0.15, -0.1) is 16.4 Å². The van der Waals surface area contributed by atoms with Gasteiger partial charge in [0.15, 0.2) is 0 Å². The maximum absolute atomic E-state index is 14.7. The molecule has 1 aliphatic carbocycles. The molecule has 14 heteroatoms. The molecule has 0 aromatic heterocycles. The van der Waals surface area contributed by atoms with Crippen molar-refractivity contribution in [2.24, 2.45) is 17.8 Å². The van der Waals surface area contributed by atoms with E-state index in [-0.39, 0.29) is 31.5 Å². The monoisotopic (exact) mass is 521 g/mol. The van der Waals surface area contributed by atoms with E-state index in [0.29, 0.717) is 25.9 Å². The van der Waals surface area contributed by atoms with Gasteiger partial charge in [0.2, 0.25) is 15.9 Å². The molecule has 0 spiro atoms. The predicted octanol–water partition coefficient (Wildman–Crippen LogP) is 1.04. The van der Waals surface area contributed by atoms with Crippen molar-refractivity contribution in [3.63, 3.8) is 0 Å². The average Bonchev–Trinajstić information content (AvgIpc) is 3.13. The number of hydrogen-bond donors (Lipinski definition) is 3. The first-order valence-electron chi connectivity index (χ1n) is 11.1. The zero-order valence-electron chi connectivity index (χ0n) is 18.5. The molecule has 0 bridgehead atoms. The Morgan fingerprint density at radius 1 is 1.24 bits per heavy atom. The van der Waals surface area contributed by atoms with E-state index >= 15 is 0 Å². The zero-order valence-corrected chi connectivity index (χ0v) is 20.0. The van der Waals surface area contributed by atoms with Crippen LogP contribution in [0.15, 0.2) is 0 Å². The molecule has 3 fully saturated rings. The zero-order chi connectivity index (χ0) is 24.4. The van der Waals surface area contributed by atoms with Crippen molar-refractivity contribution in [1.29, 1.82) is 0 Å². The highest BCUT2D eigenvalue weighted by molar-refractivity contribution is 7.89. The lowest BCUT2D eigenvalue weighted by Gasteiger charge is -2.37. The summed E-state index contributed by atoms with van der Waals surface area (Å²) >= 11 is 6.17. The first-order valence-corrected chi connectivity index (χ1v) is 13.2. The fourth-order valence-electron chi connectivity index (χ4n) is 5.11. The molecule has 2 saturated heterocycles. The Bertz CT molecular complexity index is 790. The summed E-state index contributed by atoms with van der Waals surface area (Å²) in [5.41, 5.74) is 2.10. The molecule has 33 heavy (non-hydrogen) atoms. The summed E-state index contributed by atoms with van der Waals surface area (Å²) < 4.78 is 77.5. The van der Waals surface area contributed by atoms with Gasteiger partial charge in [0.1, 0.15) is 6.17 Å². The standard InChI is InChI=1S/C19H32ClF4N5O3S/c1-28-8-16(25-11-28)13-5-14(17(21)15(20)6-13)18(30)26-27-33(31,32)9-12-3-2-4-29(7-12)10-19(22,23)24/h12-17,25,27H,2-11H2,1H3,(H,26,30). The number of nitrogens with zero attached hydrogens (tertiary/aromatic N) is 2. The van der Waals surface area contributed by atoms with Gasteiger partial charge in [0, 0.05) is 25.8 Å². The summed E-state index contributed by atoms with van der Waals surface area (Å²) in [7, 11) is -2.07. The minimum absolute atomic E-state index is 0.00197. The highest BCUT2D eigenvalue weighted by Gasteiger charge is 2.44. The molecule has 8 nitrogen and oxygen atoms in total. The number of carbonyl (C=O) groups is 1. The van der Waals surface area contributed by atoms with Crippen LogP contribution in [-0.2, 0) is 14.8 Å². The molecule has 0 aromatic rings. The molecule has 192 valence electrons. The minimum atomic E-state index is -4.35. The van der Waals surface area contributed by atoms with E-state index < -0.39 is 57.8 Å². The van der Waals surface area contributed by atoms with Crippen molar-refractivity contribution in [3.05, 3.63) is 0 Å². The second kappa shape index (κ2) is 10.9. The van der Waals surface area contributed by atoms with Gasteiger partial charge in [-0.3, -0.25) is 25.3 Å². The van der Waals surface area contributed by atoms with E-state index in [9.17, 15) is 30.8 Å².